The lowest BCUT2D eigenvalue weighted by Gasteiger charge is -2.29. The summed E-state index contributed by atoms with van der Waals surface area (Å²) in [4.78, 5) is 4.04. The smallest absolute Gasteiger partial charge is 0.147 e. The molecular formula is C21H24Cl2FN. The minimum atomic E-state index is -0.124. The van der Waals surface area contributed by atoms with Gasteiger partial charge in [-0.3, -0.25) is 0 Å². The highest BCUT2D eigenvalue weighted by atomic mass is 35.5. The normalized spacial score (nSPS) is 20.6. The third-order valence-electron chi connectivity index (χ3n) is 5.38. The van der Waals surface area contributed by atoms with Crippen LogP contribution in [0.15, 0.2) is 30.5 Å². The third kappa shape index (κ3) is 4.54. The van der Waals surface area contributed by atoms with Gasteiger partial charge in [0.05, 0.1) is 5.02 Å². The maximum absolute atomic E-state index is 14.7. The van der Waals surface area contributed by atoms with Crippen molar-refractivity contribution in [1.82, 2.24) is 4.98 Å². The Morgan fingerprint density at radius 1 is 1.08 bits per heavy atom. The van der Waals surface area contributed by atoms with Crippen molar-refractivity contribution in [2.45, 2.75) is 57.8 Å². The van der Waals surface area contributed by atoms with E-state index in [4.69, 9.17) is 23.2 Å². The zero-order valence-corrected chi connectivity index (χ0v) is 16.1. The fourth-order valence-electron chi connectivity index (χ4n) is 3.87. The summed E-state index contributed by atoms with van der Waals surface area (Å²) in [5.41, 5.74) is 2.41. The van der Waals surface area contributed by atoms with Crippen molar-refractivity contribution >= 4 is 23.2 Å². The Bertz CT molecular complexity index is 724. The Kier molecular flexibility index (Phi) is 6.35. The van der Waals surface area contributed by atoms with Crippen LogP contribution in [0.2, 0.25) is 10.2 Å². The lowest BCUT2D eigenvalue weighted by molar-refractivity contribution is 0.301. The monoisotopic (exact) mass is 379 g/mol. The Hall–Kier alpha value is -1.12. The molecule has 2 aromatic rings. The number of pyridine rings is 1. The quantitative estimate of drug-likeness (QED) is 0.485. The molecule has 0 amide bonds. The maximum Gasteiger partial charge on any atom is 0.147 e. The molecule has 1 saturated carbocycles. The van der Waals surface area contributed by atoms with E-state index in [2.05, 4.69) is 11.9 Å². The molecule has 1 aliphatic carbocycles. The van der Waals surface area contributed by atoms with Crippen molar-refractivity contribution in [1.29, 1.82) is 0 Å². The second-order valence-electron chi connectivity index (χ2n) is 7.09. The first-order valence-corrected chi connectivity index (χ1v) is 9.95. The molecule has 1 nitrogen and oxygen atoms in total. The van der Waals surface area contributed by atoms with Crippen molar-refractivity contribution in [2.75, 3.05) is 0 Å². The third-order valence-corrected chi connectivity index (χ3v) is 6.07. The molecule has 0 radical (unpaired) electrons. The molecular weight excluding hydrogens is 356 g/mol. The van der Waals surface area contributed by atoms with Gasteiger partial charge in [-0.1, -0.05) is 61.5 Å². The summed E-state index contributed by atoms with van der Waals surface area (Å²) in [6.07, 6.45) is 10.2. The van der Waals surface area contributed by atoms with Crippen molar-refractivity contribution < 1.29 is 4.39 Å². The Balaban J connectivity index is 1.71. The summed E-state index contributed by atoms with van der Waals surface area (Å²) in [7, 11) is 0. The van der Waals surface area contributed by atoms with Crippen molar-refractivity contribution in [2.24, 2.45) is 5.92 Å². The summed E-state index contributed by atoms with van der Waals surface area (Å²) in [6.45, 7) is 2.24. The van der Waals surface area contributed by atoms with Gasteiger partial charge in [-0.05, 0) is 60.8 Å². The molecule has 1 aliphatic rings. The Labute approximate surface area is 159 Å². The van der Waals surface area contributed by atoms with E-state index in [0.717, 1.165) is 35.4 Å². The van der Waals surface area contributed by atoms with Crippen LogP contribution in [0.4, 0.5) is 4.39 Å². The molecule has 0 spiro atoms. The predicted molar refractivity (Wildman–Crippen MR) is 104 cm³/mol. The molecule has 0 atom stereocenters. The van der Waals surface area contributed by atoms with Crippen LogP contribution >= 0.6 is 23.2 Å². The topological polar surface area (TPSA) is 12.9 Å². The summed E-state index contributed by atoms with van der Waals surface area (Å²) < 4.78 is 14.7. The molecule has 1 aromatic carbocycles. The van der Waals surface area contributed by atoms with Gasteiger partial charge in [0.2, 0.25) is 0 Å². The van der Waals surface area contributed by atoms with E-state index in [1.165, 1.54) is 32.1 Å². The van der Waals surface area contributed by atoms with E-state index in [-0.39, 0.29) is 11.0 Å². The number of nitrogens with zero attached hydrogens (tertiary/aromatic N) is 1. The summed E-state index contributed by atoms with van der Waals surface area (Å²) in [5.74, 6) is 1.06. The maximum atomic E-state index is 14.7. The fourth-order valence-corrected chi connectivity index (χ4v) is 4.14. The minimum absolute atomic E-state index is 0.124. The number of hydrogen-bond donors (Lipinski definition) is 0. The lowest BCUT2D eigenvalue weighted by Crippen LogP contribution is -2.14. The van der Waals surface area contributed by atoms with Gasteiger partial charge in [0.1, 0.15) is 11.0 Å². The van der Waals surface area contributed by atoms with Gasteiger partial charge in [-0.15, -0.1) is 0 Å². The van der Waals surface area contributed by atoms with Crippen LogP contribution in [0.3, 0.4) is 0 Å². The second-order valence-corrected chi connectivity index (χ2v) is 7.86. The number of benzene rings is 1. The molecule has 0 bridgehead atoms. The van der Waals surface area contributed by atoms with Crippen LogP contribution in [0, 0.1) is 11.7 Å². The first-order chi connectivity index (χ1) is 12.1. The van der Waals surface area contributed by atoms with Crippen molar-refractivity contribution in [3.05, 3.63) is 52.0 Å². The molecule has 1 aromatic heterocycles. The van der Waals surface area contributed by atoms with Crippen LogP contribution in [0.1, 0.15) is 63.4 Å². The van der Waals surface area contributed by atoms with Gasteiger partial charge in [-0.25, -0.2) is 9.37 Å². The molecule has 25 heavy (non-hydrogen) atoms. The zero-order valence-electron chi connectivity index (χ0n) is 14.6. The average Bonchev–Trinajstić information content (AvgIpc) is 2.63. The van der Waals surface area contributed by atoms with E-state index in [1.807, 2.05) is 12.1 Å². The molecule has 3 rings (SSSR count). The van der Waals surface area contributed by atoms with Gasteiger partial charge in [0.15, 0.2) is 0 Å². The lowest BCUT2D eigenvalue weighted by atomic mass is 9.77. The highest BCUT2D eigenvalue weighted by molar-refractivity contribution is 6.41. The number of hydrogen-bond acceptors (Lipinski definition) is 1. The molecule has 0 unspecified atom stereocenters. The SMILES string of the molecule is CCCC[C@H]1CC[C@H](c2ccc(-c3cnc(Cl)c(Cl)c3)cc2F)CC1. The van der Waals surface area contributed by atoms with Crippen LogP contribution in [0.25, 0.3) is 11.1 Å². The first-order valence-electron chi connectivity index (χ1n) is 9.19. The summed E-state index contributed by atoms with van der Waals surface area (Å²) in [6, 6.07) is 7.22. The van der Waals surface area contributed by atoms with Crippen LogP contribution in [-0.2, 0) is 0 Å². The van der Waals surface area contributed by atoms with Gasteiger partial charge in [-0.2, -0.15) is 0 Å². The number of aromatic nitrogens is 1. The number of unbranched alkanes of at least 4 members (excludes halogenated alkanes) is 1. The molecule has 0 N–H and O–H groups in total. The van der Waals surface area contributed by atoms with Crippen molar-refractivity contribution in [3.63, 3.8) is 0 Å². The highest BCUT2D eigenvalue weighted by Gasteiger charge is 2.24. The van der Waals surface area contributed by atoms with E-state index in [1.54, 1.807) is 18.3 Å². The zero-order chi connectivity index (χ0) is 17.8. The number of halogens is 3. The van der Waals surface area contributed by atoms with Gasteiger partial charge >= 0.3 is 0 Å². The summed E-state index contributed by atoms with van der Waals surface area (Å²) >= 11 is 11.9. The number of rotatable bonds is 5. The molecule has 1 heterocycles. The Morgan fingerprint density at radius 2 is 1.84 bits per heavy atom. The molecule has 0 saturated heterocycles. The first kappa shape index (κ1) is 18.7. The second kappa shape index (κ2) is 8.51. The molecule has 0 aliphatic heterocycles. The molecule has 134 valence electrons. The highest BCUT2D eigenvalue weighted by Crippen LogP contribution is 2.39. The van der Waals surface area contributed by atoms with Gasteiger partial charge in [0, 0.05) is 11.8 Å². The van der Waals surface area contributed by atoms with Crippen LogP contribution in [-0.4, -0.2) is 4.98 Å². The molecule has 1 fully saturated rings. The van der Waals surface area contributed by atoms with Crippen LogP contribution < -0.4 is 0 Å². The largest absolute Gasteiger partial charge is 0.242 e. The van der Waals surface area contributed by atoms with Gasteiger partial charge < -0.3 is 0 Å². The summed E-state index contributed by atoms with van der Waals surface area (Å²) in [5, 5.41) is 0.649. The van der Waals surface area contributed by atoms with Gasteiger partial charge in [0.25, 0.3) is 0 Å². The van der Waals surface area contributed by atoms with E-state index >= 15 is 0 Å². The minimum Gasteiger partial charge on any atom is -0.242 e. The predicted octanol–water partition coefficient (Wildman–Crippen LogP) is 7.66. The average molecular weight is 380 g/mol. The van der Waals surface area contributed by atoms with Crippen LogP contribution in [0.5, 0.6) is 0 Å². The molecule has 4 heteroatoms. The van der Waals surface area contributed by atoms with Crippen molar-refractivity contribution in [3.8, 4) is 11.1 Å². The van der Waals surface area contributed by atoms with E-state index in [9.17, 15) is 4.39 Å². The van der Waals surface area contributed by atoms with E-state index < -0.39 is 0 Å². The fraction of sp³-hybridized carbons (Fsp3) is 0.476. The Morgan fingerprint density at radius 3 is 2.48 bits per heavy atom. The van der Waals surface area contributed by atoms with E-state index in [0.29, 0.717) is 10.9 Å². The standard InChI is InChI=1S/C21H24Cl2FN/c1-2-3-4-14-5-7-15(8-6-14)18-10-9-16(12-20(18)24)17-11-19(22)21(23)25-13-17/h9-15H,2-8H2,1H3/t14-,15-.